The summed E-state index contributed by atoms with van der Waals surface area (Å²) in [5.74, 6) is 0.344. The lowest BCUT2D eigenvalue weighted by molar-refractivity contribution is 0.104. The number of carbonyl (C=O) groups excluding carboxylic acids is 2. The molecule has 0 atom stereocenters. The van der Waals surface area contributed by atoms with Gasteiger partial charge in [-0.05, 0) is 42.3 Å². The molecule has 3 rings (SSSR count). The van der Waals surface area contributed by atoms with E-state index in [0.717, 1.165) is 11.1 Å². The van der Waals surface area contributed by atoms with E-state index < -0.39 is 6.16 Å². The predicted octanol–water partition coefficient (Wildman–Crippen LogP) is 5.46. The van der Waals surface area contributed by atoms with Crippen molar-refractivity contribution in [2.45, 2.75) is 20.0 Å². The number of rotatable bonds is 7. The Morgan fingerprint density at radius 3 is 1.83 bits per heavy atom. The van der Waals surface area contributed by atoms with Crippen molar-refractivity contribution in [3.8, 4) is 5.75 Å². The SMILES string of the molecule is CCOC(=O)Oc1ccc(NC(=O)N(Cc2ccccc2)Cc2ccccc2)cc1. The zero-order chi connectivity index (χ0) is 21.2. The summed E-state index contributed by atoms with van der Waals surface area (Å²) >= 11 is 0. The molecule has 0 aliphatic carbocycles. The van der Waals surface area contributed by atoms with Crippen LogP contribution in [0.4, 0.5) is 15.3 Å². The van der Waals surface area contributed by atoms with Gasteiger partial charge in [-0.1, -0.05) is 60.7 Å². The van der Waals surface area contributed by atoms with Gasteiger partial charge >= 0.3 is 12.2 Å². The lowest BCUT2D eigenvalue weighted by Crippen LogP contribution is -2.34. The molecule has 1 N–H and O–H groups in total. The molecule has 3 aromatic rings. The number of nitrogens with one attached hydrogen (secondary N) is 1. The van der Waals surface area contributed by atoms with Crippen molar-refractivity contribution in [1.29, 1.82) is 0 Å². The van der Waals surface area contributed by atoms with Gasteiger partial charge in [-0.3, -0.25) is 0 Å². The van der Waals surface area contributed by atoms with Gasteiger partial charge in [-0.2, -0.15) is 0 Å². The van der Waals surface area contributed by atoms with E-state index in [2.05, 4.69) is 5.32 Å². The quantitative estimate of drug-likeness (QED) is 0.420. The van der Waals surface area contributed by atoms with Crippen molar-refractivity contribution < 1.29 is 19.1 Å². The number of anilines is 1. The second kappa shape index (κ2) is 10.7. The van der Waals surface area contributed by atoms with Crippen LogP contribution in [0.15, 0.2) is 84.9 Å². The van der Waals surface area contributed by atoms with Crippen LogP contribution < -0.4 is 10.1 Å². The van der Waals surface area contributed by atoms with Gasteiger partial charge < -0.3 is 19.7 Å². The van der Waals surface area contributed by atoms with E-state index in [0.29, 0.717) is 24.5 Å². The van der Waals surface area contributed by atoms with Gasteiger partial charge in [0.15, 0.2) is 0 Å². The summed E-state index contributed by atoms with van der Waals surface area (Å²) in [6.07, 6.45) is -0.758. The minimum atomic E-state index is -0.758. The topological polar surface area (TPSA) is 67.9 Å². The van der Waals surface area contributed by atoms with Crippen LogP contribution >= 0.6 is 0 Å². The molecule has 0 saturated heterocycles. The second-order valence-corrected chi connectivity index (χ2v) is 6.57. The van der Waals surface area contributed by atoms with Crippen LogP contribution in [0.5, 0.6) is 5.75 Å². The normalized spacial score (nSPS) is 10.2. The van der Waals surface area contributed by atoms with Gasteiger partial charge in [0.2, 0.25) is 0 Å². The third-order valence-electron chi connectivity index (χ3n) is 4.29. The van der Waals surface area contributed by atoms with E-state index in [1.165, 1.54) is 0 Å². The van der Waals surface area contributed by atoms with E-state index in [4.69, 9.17) is 9.47 Å². The highest BCUT2D eigenvalue weighted by Crippen LogP contribution is 2.18. The Hall–Kier alpha value is -3.80. The summed E-state index contributed by atoms with van der Waals surface area (Å²) < 4.78 is 9.78. The maximum absolute atomic E-state index is 13.0. The molecular formula is C24H24N2O4. The second-order valence-electron chi connectivity index (χ2n) is 6.57. The number of urea groups is 1. The highest BCUT2D eigenvalue weighted by Gasteiger charge is 2.15. The lowest BCUT2D eigenvalue weighted by atomic mass is 10.2. The maximum Gasteiger partial charge on any atom is 0.513 e. The lowest BCUT2D eigenvalue weighted by Gasteiger charge is -2.23. The summed E-state index contributed by atoms with van der Waals surface area (Å²) in [7, 11) is 0. The van der Waals surface area contributed by atoms with Crippen LogP contribution in [0.2, 0.25) is 0 Å². The van der Waals surface area contributed by atoms with E-state index in [-0.39, 0.29) is 12.6 Å². The number of ether oxygens (including phenoxy) is 2. The molecule has 0 saturated carbocycles. The Bertz CT molecular complexity index is 902. The van der Waals surface area contributed by atoms with Crippen LogP contribution in [0.25, 0.3) is 0 Å². The van der Waals surface area contributed by atoms with Gasteiger partial charge in [-0.25, -0.2) is 9.59 Å². The Morgan fingerprint density at radius 1 is 0.800 bits per heavy atom. The Kier molecular flexibility index (Phi) is 7.44. The molecule has 6 nitrogen and oxygen atoms in total. The summed E-state index contributed by atoms with van der Waals surface area (Å²) in [6.45, 7) is 2.90. The van der Waals surface area contributed by atoms with Crippen molar-refractivity contribution in [1.82, 2.24) is 4.90 Å². The molecule has 0 fully saturated rings. The van der Waals surface area contributed by atoms with Gasteiger partial charge in [0.05, 0.1) is 6.61 Å². The molecule has 6 heteroatoms. The van der Waals surface area contributed by atoms with E-state index in [1.54, 1.807) is 36.1 Å². The first kappa shape index (κ1) is 20.9. The van der Waals surface area contributed by atoms with E-state index >= 15 is 0 Å². The molecule has 30 heavy (non-hydrogen) atoms. The van der Waals surface area contributed by atoms with Crippen molar-refractivity contribution in [2.75, 3.05) is 11.9 Å². The van der Waals surface area contributed by atoms with Gasteiger partial charge in [0, 0.05) is 18.8 Å². The van der Waals surface area contributed by atoms with Gasteiger partial charge in [-0.15, -0.1) is 0 Å². The van der Waals surface area contributed by atoms with Gasteiger partial charge in [0.25, 0.3) is 0 Å². The van der Waals surface area contributed by atoms with E-state index in [9.17, 15) is 9.59 Å². The van der Waals surface area contributed by atoms with Crippen molar-refractivity contribution in [2.24, 2.45) is 0 Å². The minimum Gasteiger partial charge on any atom is -0.434 e. The standard InChI is InChI=1S/C24H24N2O4/c1-2-29-24(28)30-22-15-13-21(14-16-22)25-23(27)26(17-19-9-5-3-6-10-19)18-20-11-7-4-8-12-20/h3-16H,2,17-18H2,1H3,(H,25,27). The van der Waals surface area contributed by atoms with Crippen LogP contribution in [0, 0.1) is 0 Å². The molecule has 0 heterocycles. The fraction of sp³-hybridized carbons (Fsp3) is 0.167. The number of carbonyl (C=O) groups is 2. The zero-order valence-electron chi connectivity index (χ0n) is 16.8. The highest BCUT2D eigenvalue weighted by atomic mass is 16.7. The monoisotopic (exact) mass is 404 g/mol. The number of nitrogens with zero attached hydrogens (tertiary/aromatic N) is 1. The van der Waals surface area contributed by atoms with Crippen molar-refractivity contribution in [3.63, 3.8) is 0 Å². The van der Waals surface area contributed by atoms with Crippen LogP contribution in [-0.4, -0.2) is 23.7 Å². The third-order valence-corrected chi connectivity index (χ3v) is 4.29. The average molecular weight is 404 g/mol. The largest absolute Gasteiger partial charge is 0.513 e. The molecule has 0 bridgehead atoms. The maximum atomic E-state index is 13.0. The highest BCUT2D eigenvalue weighted by molar-refractivity contribution is 5.89. The van der Waals surface area contributed by atoms with Crippen molar-refractivity contribution >= 4 is 17.9 Å². The summed E-state index contributed by atoms with van der Waals surface area (Å²) in [5.41, 5.74) is 2.69. The summed E-state index contributed by atoms with van der Waals surface area (Å²) in [6, 6.07) is 26.0. The average Bonchev–Trinajstić information content (AvgIpc) is 2.76. The van der Waals surface area contributed by atoms with Crippen LogP contribution in [0.1, 0.15) is 18.1 Å². The molecule has 0 unspecified atom stereocenters. The van der Waals surface area contributed by atoms with Gasteiger partial charge in [0.1, 0.15) is 5.75 Å². The molecule has 154 valence electrons. The number of hydrogen-bond donors (Lipinski definition) is 1. The predicted molar refractivity (Wildman–Crippen MR) is 115 cm³/mol. The molecule has 0 aliphatic rings. The summed E-state index contributed by atoms with van der Waals surface area (Å²) in [4.78, 5) is 26.1. The summed E-state index contributed by atoms with van der Waals surface area (Å²) in [5, 5.41) is 2.90. The molecule has 0 spiro atoms. The van der Waals surface area contributed by atoms with Crippen molar-refractivity contribution in [3.05, 3.63) is 96.1 Å². The van der Waals surface area contributed by atoms with Crippen LogP contribution in [0.3, 0.4) is 0 Å². The number of hydrogen-bond acceptors (Lipinski definition) is 4. The fourth-order valence-electron chi connectivity index (χ4n) is 2.86. The number of amides is 2. The molecule has 2 amide bonds. The molecule has 0 aromatic heterocycles. The first-order chi connectivity index (χ1) is 14.6. The third kappa shape index (κ3) is 6.38. The Morgan fingerprint density at radius 2 is 1.33 bits per heavy atom. The number of benzene rings is 3. The Balaban J connectivity index is 1.68. The smallest absolute Gasteiger partial charge is 0.434 e. The minimum absolute atomic E-state index is 0.221. The first-order valence-electron chi connectivity index (χ1n) is 9.72. The zero-order valence-corrected chi connectivity index (χ0v) is 16.8. The fourth-order valence-corrected chi connectivity index (χ4v) is 2.86. The van der Waals surface area contributed by atoms with E-state index in [1.807, 2.05) is 60.7 Å². The van der Waals surface area contributed by atoms with Crippen LogP contribution in [-0.2, 0) is 17.8 Å². The molecule has 0 aliphatic heterocycles. The first-order valence-corrected chi connectivity index (χ1v) is 9.72. The molecular weight excluding hydrogens is 380 g/mol. The Labute approximate surface area is 176 Å². The molecule has 3 aromatic carbocycles. The molecule has 0 radical (unpaired) electrons.